The van der Waals surface area contributed by atoms with Gasteiger partial charge in [0.1, 0.15) is 0 Å². The fraction of sp³-hybridized carbons (Fsp3) is 0.0606. The second kappa shape index (κ2) is 12.7. The molecule has 1 heterocycles. The Hall–Kier alpha value is -4.15. The van der Waals surface area contributed by atoms with E-state index in [1.165, 1.54) is 22.3 Å². The first-order chi connectivity index (χ1) is 18.4. The van der Waals surface area contributed by atoms with Crippen molar-refractivity contribution in [3.8, 4) is 0 Å². The summed E-state index contributed by atoms with van der Waals surface area (Å²) in [4.78, 5) is 4.70. The highest BCUT2D eigenvalue weighted by Crippen LogP contribution is 2.25. The van der Waals surface area contributed by atoms with Gasteiger partial charge in [-0.15, -0.1) is 5.70 Å². The number of aromatic nitrogens is 2. The summed E-state index contributed by atoms with van der Waals surface area (Å²) in [7, 11) is 1.72. The normalized spacial score (nSPS) is 12.1. The van der Waals surface area contributed by atoms with E-state index in [1.54, 1.807) is 0 Å². The first-order valence-electron chi connectivity index (χ1n) is 12.8. The Morgan fingerprint density at radius 1 is 0.757 bits per heavy atom. The van der Waals surface area contributed by atoms with E-state index in [2.05, 4.69) is 151 Å². The third-order valence-electron chi connectivity index (χ3n) is 6.44. The summed E-state index contributed by atoms with van der Waals surface area (Å²) in [5.74, 6) is 0.280. The first-order valence-corrected chi connectivity index (χ1v) is 14.6. The minimum absolute atomic E-state index is 0.280. The topological polar surface area (TPSA) is 17.8 Å². The van der Waals surface area contributed by atoms with E-state index in [-0.39, 0.29) is 5.92 Å². The van der Waals surface area contributed by atoms with Gasteiger partial charge in [-0.1, -0.05) is 139 Å². The summed E-state index contributed by atoms with van der Waals surface area (Å²) in [6.07, 6.45) is 9.64. The van der Waals surface area contributed by atoms with Gasteiger partial charge in [-0.05, 0) is 22.3 Å². The van der Waals surface area contributed by atoms with Crippen LogP contribution in [0.3, 0.4) is 0 Å². The number of benzene rings is 4. The number of allylic oxidation sites excluding steroid dienone is 1. The van der Waals surface area contributed by atoms with Crippen molar-refractivity contribution >= 4 is 34.1 Å². The van der Waals surface area contributed by atoms with Crippen molar-refractivity contribution < 1.29 is 0 Å². The number of rotatable bonds is 10. The molecule has 5 rings (SSSR count). The zero-order chi connectivity index (χ0) is 25.1. The molecule has 0 spiro atoms. The number of imidazole rings is 1. The van der Waals surface area contributed by atoms with Crippen molar-refractivity contribution in [2.24, 2.45) is 0 Å². The Balaban J connectivity index is 1.31. The second-order valence-corrected chi connectivity index (χ2v) is 10.5. The molecule has 1 radical (unpaired) electrons. The summed E-state index contributed by atoms with van der Waals surface area (Å²) in [5, 5.41) is 0. The van der Waals surface area contributed by atoms with Gasteiger partial charge < -0.3 is 4.57 Å². The van der Waals surface area contributed by atoms with Crippen molar-refractivity contribution in [1.29, 1.82) is 0 Å². The first kappa shape index (κ1) is 24.5. The highest BCUT2D eigenvalue weighted by molar-refractivity contribution is 6.73. The lowest BCUT2D eigenvalue weighted by atomic mass is 9.65. The Morgan fingerprint density at radius 3 is 1.95 bits per heavy atom. The molecule has 0 fully saturated rings. The molecule has 179 valence electrons. The SMILES string of the molecule is [B](C(=Cc1ccccc1)c1ccccc1)c1nccn1C[SiH2]C=CC(c1ccccc1)c1ccccc1. The molecule has 4 aromatic carbocycles. The molecule has 4 heteroatoms. The van der Waals surface area contributed by atoms with Gasteiger partial charge in [-0.25, -0.2) is 0 Å². The van der Waals surface area contributed by atoms with Crippen LogP contribution in [0.25, 0.3) is 11.5 Å². The Morgan fingerprint density at radius 2 is 1.32 bits per heavy atom. The summed E-state index contributed by atoms with van der Waals surface area (Å²) in [5.41, 5.74) is 9.61. The average molecular weight is 494 g/mol. The predicted octanol–water partition coefficient (Wildman–Crippen LogP) is 5.88. The third-order valence-corrected chi connectivity index (χ3v) is 7.79. The smallest absolute Gasteiger partial charge is 0.241 e. The molecule has 1 aromatic heterocycles. The fourth-order valence-electron chi connectivity index (χ4n) is 4.54. The zero-order valence-electron chi connectivity index (χ0n) is 20.9. The molecule has 0 atom stereocenters. The summed E-state index contributed by atoms with van der Waals surface area (Å²) >= 11 is 0. The lowest BCUT2D eigenvalue weighted by Crippen LogP contribution is -2.28. The Bertz CT molecular complexity index is 1390. The van der Waals surface area contributed by atoms with Gasteiger partial charge in [0, 0.05) is 24.5 Å². The van der Waals surface area contributed by atoms with Crippen LogP contribution in [0, 0.1) is 0 Å². The quantitative estimate of drug-likeness (QED) is 0.175. The van der Waals surface area contributed by atoms with Gasteiger partial charge in [-0.3, -0.25) is 4.98 Å². The molecule has 0 bridgehead atoms. The van der Waals surface area contributed by atoms with Gasteiger partial charge in [0.25, 0.3) is 0 Å². The number of nitrogens with zero attached hydrogens (tertiary/aromatic N) is 2. The number of hydrogen-bond donors (Lipinski definition) is 0. The maximum atomic E-state index is 4.70. The maximum absolute atomic E-state index is 4.70. The molecular formula is C33H30BN2Si. The lowest BCUT2D eigenvalue weighted by molar-refractivity contribution is 0.907. The van der Waals surface area contributed by atoms with E-state index < -0.39 is 9.52 Å². The minimum Gasteiger partial charge on any atom is -0.346 e. The summed E-state index contributed by atoms with van der Waals surface area (Å²) in [6.45, 7) is 0. The van der Waals surface area contributed by atoms with E-state index in [9.17, 15) is 0 Å². The summed E-state index contributed by atoms with van der Waals surface area (Å²) < 4.78 is 2.29. The van der Waals surface area contributed by atoms with Crippen LogP contribution in [0.15, 0.2) is 145 Å². The van der Waals surface area contributed by atoms with Gasteiger partial charge in [0.05, 0.1) is 15.2 Å². The third kappa shape index (κ3) is 6.75. The average Bonchev–Trinajstić information content (AvgIpc) is 3.41. The van der Waals surface area contributed by atoms with E-state index in [4.69, 9.17) is 4.98 Å². The molecular weight excluding hydrogens is 463 g/mol. The van der Waals surface area contributed by atoms with Crippen LogP contribution in [-0.2, 0) is 6.17 Å². The van der Waals surface area contributed by atoms with E-state index in [0.717, 1.165) is 17.4 Å². The standard InChI is InChI=1S/C33H30BN2Si/c1-5-13-27(14-6-1)25-32(30-19-11-4-12-20-30)34-33-35-22-23-36(33)26-37-24-21-31(28-15-7-2-8-16-28)29-17-9-3-10-18-29/h1-25,31H,26,37H2. The van der Waals surface area contributed by atoms with E-state index in [0.29, 0.717) is 0 Å². The second-order valence-electron chi connectivity index (χ2n) is 9.02. The lowest BCUT2D eigenvalue weighted by Gasteiger charge is -2.14. The van der Waals surface area contributed by atoms with Gasteiger partial charge in [-0.2, -0.15) is 0 Å². The highest BCUT2D eigenvalue weighted by atomic mass is 28.2. The Kier molecular flexibility index (Phi) is 8.43. The Labute approximate surface area is 223 Å². The van der Waals surface area contributed by atoms with Crippen molar-refractivity contribution in [3.63, 3.8) is 0 Å². The van der Waals surface area contributed by atoms with Crippen LogP contribution < -0.4 is 5.72 Å². The van der Waals surface area contributed by atoms with E-state index >= 15 is 0 Å². The largest absolute Gasteiger partial charge is 0.346 e. The maximum Gasteiger partial charge on any atom is 0.241 e. The molecule has 0 aliphatic heterocycles. The van der Waals surface area contributed by atoms with Crippen molar-refractivity contribution in [2.75, 3.05) is 0 Å². The highest BCUT2D eigenvalue weighted by Gasteiger charge is 2.12. The van der Waals surface area contributed by atoms with Crippen LogP contribution in [0.4, 0.5) is 0 Å². The molecule has 0 aliphatic carbocycles. The molecule has 0 amide bonds. The molecule has 0 saturated heterocycles. The predicted molar refractivity (Wildman–Crippen MR) is 161 cm³/mol. The molecule has 0 unspecified atom stereocenters. The van der Waals surface area contributed by atoms with Crippen molar-refractivity contribution in [1.82, 2.24) is 9.55 Å². The molecule has 0 aliphatic rings. The van der Waals surface area contributed by atoms with Crippen LogP contribution in [0.2, 0.25) is 0 Å². The fourth-order valence-corrected chi connectivity index (χ4v) is 5.81. The monoisotopic (exact) mass is 493 g/mol. The van der Waals surface area contributed by atoms with Gasteiger partial charge in [0.15, 0.2) is 0 Å². The zero-order valence-corrected chi connectivity index (χ0v) is 22.3. The van der Waals surface area contributed by atoms with Crippen LogP contribution in [-0.4, -0.2) is 26.4 Å². The van der Waals surface area contributed by atoms with Crippen molar-refractivity contribution in [2.45, 2.75) is 12.1 Å². The van der Waals surface area contributed by atoms with Crippen LogP contribution in [0.1, 0.15) is 28.2 Å². The van der Waals surface area contributed by atoms with Gasteiger partial charge >= 0.3 is 0 Å². The molecule has 0 saturated carbocycles. The molecule has 37 heavy (non-hydrogen) atoms. The van der Waals surface area contributed by atoms with Crippen LogP contribution in [0.5, 0.6) is 0 Å². The molecule has 2 nitrogen and oxygen atoms in total. The molecule has 0 N–H and O–H groups in total. The molecule has 5 aromatic rings. The minimum atomic E-state index is -0.482. The van der Waals surface area contributed by atoms with Gasteiger partial charge in [0.2, 0.25) is 7.28 Å². The van der Waals surface area contributed by atoms with Crippen molar-refractivity contribution in [3.05, 3.63) is 168 Å². The number of hydrogen-bond acceptors (Lipinski definition) is 1. The van der Waals surface area contributed by atoms with Crippen LogP contribution >= 0.6 is 0 Å². The van der Waals surface area contributed by atoms with E-state index in [1.807, 2.05) is 12.3 Å². The summed E-state index contributed by atoms with van der Waals surface area (Å²) in [6, 6.07) is 42.5.